The maximum Gasteiger partial charge on any atom is 0.295 e. The van der Waals surface area contributed by atoms with Gasteiger partial charge in [-0.15, -0.1) is 0 Å². The minimum atomic E-state index is -0.685. The van der Waals surface area contributed by atoms with Gasteiger partial charge in [0.15, 0.2) is 0 Å². The Hall–Kier alpha value is -2.83. The molecule has 1 atom stereocenters. The number of rotatable bonds is 12. The van der Waals surface area contributed by atoms with Crippen LogP contribution < -0.4 is 4.74 Å². The number of Topliss-reactive ketones (excluding diaryl/α,β-unsaturated/α-hetero) is 1. The number of likely N-dealkylation sites (N-methyl/N-ethyl adjacent to an activating group) is 1. The second-order valence-corrected chi connectivity index (χ2v) is 9.09. The summed E-state index contributed by atoms with van der Waals surface area (Å²) in [4.78, 5) is 30.0. The number of unbranched alkanes of at least 4 members (excludes halogenated alkanes) is 2. The molecule has 2 aromatic rings. The molecule has 1 saturated heterocycles. The quantitative estimate of drug-likeness (QED) is 0.177. The highest BCUT2D eigenvalue weighted by Crippen LogP contribution is 2.39. The molecule has 1 aliphatic rings. The minimum absolute atomic E-state index is 0.0912. The first kappa shape index (κ1) is 26.8. The van der Waals surface area contributed by atoms with Crippen LogP contribution in [0, 0.1) is 0 Å². The van der Waals surface area contributed by atoms with Crippen LogP contribution in [0.15, 0.2) is 54.1 Å². The molecule has 0 bridgehead atoms. The Kier molecular flexibility index (Phi) is 9.75. The van der Waals surface area contributed by atoms with Gasteiger partial charge < -0.3 is 19.6 Å². The van der Waals surface area contributed by atoms with Crippen molar-refractivity contribution in [2.45, 2.75) is 46.1 Å². The summed E-state index contributed by atoms with van der Waals surface area (Å²) in [7, 11) is 0. The zero-order chi connectivity index (χ0) is 25.4. The standard InChI is InChI=1S/C28H35ClN2O4/c1-4-7-8-19-35-23-15-11-20(12-16-23)25-24(26(32)21-9-13-22(29)14-10-21)27(33)28(34)31(25)18-17-30(5-2)6-3/h9-16,25,32H,4-8,17-19H2,1-3H3/b26-24+. The van der Waals surface area contributed by atoms with E-state index in [4.69, 9.17) is 16.3 Å². The molecule has 1 fully saturated rings. The lowest BCUT2D eigenvalue weighted by Gasteiger charge is -2.28. The van der Waals surface area contributed by atoms with E-state index in [1.807, 2.05) is 24.3 Å². The summed E-state index contributed by atoms with van der Waals surface area (Å²) in [6.07, 6.45) is 3.23. The molecule has 0 saturated carbocycles. The maximum atomic E-state index is 13.2. The van der Waals surface area contributed by atoms with Gasteiger partial charge in [0.1, 0.15) is 11.5 Å². The molecule has 1 heterocycles. The maximum absolute atomic E-state index is 13.2. The fourth-order valence-corrected chi connectivity index (χ4v) is 4.42. The molecule has 188 valence electrons. The predicted octanol–water partition coefficient (Wildman–Crippen LogP) is 5.67. The fraction of sp³-hybridized carbons (Fsp3) is 0.429. The summed E-state index contributed by atoms with van der Waals surface area (Å²) in [5.41, 5.74) is 1.28. The van der Waals surface area contributed by atoms with Crippen molar-refractivity contribution in [3.63, 3.8) is 0 Å². The average molecular weight is 499 g/mol. The Bertz CT molecular complexity index is 1030. The van der Waals surface area contributed by atoms with Crippen LogP contribution in [0.3, 0.4) is 0 Å². The highest BCUT2D eigenvalue weighted by Gasteiger charge is 2.45. The van der Waals surface area contributed by atoms with Gasteiger partial charge in [0.05, 0.1) is 18.2 Å². The Morgan fingerprint density at radius 2 is 1.66 bits per heavy atom. The minimum Gasteiger partial charge on any atom is -0.507 e. The van der Waals surface area contributed by atoms with Crippen LogP contribution in [0.5, 0.6) is 5.75 Å². The number of ether oxygens (including phenoxy) is 1. The largest absolute Gasteiger partial charge is 0.507 e. The van der Waals surface area contributed by atoms with E-state index < -0.39 is 17.7 Å². The molecule has 1 unspecified atom stereocenters. The van der Waals surface area contributed by atoms with Crippen LogP contribution in [0.25, 0.3) is 5.76 Å². The van der Waals surface area contributed by atoms with E-state index in [-0.39, 0.29) is 11.3 Å². The summed E-state index contributed by atoms with van der Waals surface area (Å²) in [6, 6.07) is 13.3. The van der Waals surface area contributed by atoms with Crippen LogP contribution in [0.4, 0.5) is 0 Å². The lowest BCUT2D eigenvalue weighted by molar-refractivity contribution is -0.140. The SMILES string of the molecule is CCCCCOc1ccc(C2/C(=C(\O)c3ccc(Cl)cc3)C(=O)C(=O)N2CCN(CC)CC)cc1. The lowest BCUT2D eigenvalue weighted by atomic mass is 9.95. The zero-order valence-corrected chi connectivity index (χ0v) is 21.6. The fourth-order valence-electron chi connectivity index (χ4n) is 4.30. The van der Waals surface area contributed by atoms with Crippen molar-refractivity contribution in [3.8, 4) is 5.75 Å². The lowest BCUT2D eigenvalue weighted by Crippen LogP contribution is -2.38. The van der Waals surface area contributed by atoms with Gasteiger partial charge in [-0.3, -0.25) is 9.59 Å². The smallest absolute Gasteiger partial charge is 0.295 e. The van der Waals surface area contributed by atoms with Gasteiger partial charge >= 0.3 is 0 Å². The number of carbonyl (C=O) groups excluding carboxylic acids is 2. The van der Waals surface area contributed by atoms with Gasteiger partial charge in [0, 0.05) is 23.7 Å². The number of carbonyl (C=O) groups is 2. The summed E-state index contributed by atoms with van der Waals surface area (Å²) in [5.74, 6) is -0.739. The number of halogens is 1. The van der Waals surface area contributed by atoms with Crippen LogP contribution in [0.2, 0.25) is 5.02 Å². The third-order valence-electron chi connectivity index (χ3n) is 6.42. The Balaban J connectivity index is 1.97. The van der Waals surface area contributed by atoms with Gasteiger partial charge in [0.2, 0.25) is 0 Å². The number of ketones is 1. The van der Waals surface area contributed by atoms with Crippen molar-refractivity contribution in [1.29, 1.82) is 0 Å². The Morgan fingerprint density at radius 3 is 2.26 bits per heavy atom. The van der Waals surface area contributed by atoms with Crippen molar-refractivity contribution in [2.24, 2.45) is 0 Å². The second kappa shape index (κ2) is 12.8. The monoisotopic (exact) mass is 498 g/mol. The zero-order valence-electron chi connectivity index (χ0n) is 20.8. The molecule has 1 amide bonds. The topological polar surface area (TPSA) is 70.1 Å². The van der Waals surface area contributed by atoms with E-state index in [2.05, 4.69) is 25.7 Å². The second-order valence-electron chi connectivity index (χ2n) is 8.65. The molecule has 0 radical (unpaired) electrons. The first-order chi connectivity index (χ1) is 16.9. The first-order valence-corrected chi connectivity index (χ1v) is 12.8. The number of nitrogens with zero attached hydrogens (tertiary/aromatic N) is 2. The Morgan fingerprint density at radius 1 is 1.00 bits per heavy atom. The molecule has 2 aromatic carbocycles. The van der Waals surface area contributed by atoms with Crippen LogP contribution >= 0.6 is 11.6 Å². The van der Waals surface area contributed by atoms with Crippen molar-refractivity contribution in [2.75, 3.05) is 32.8 Å². The number of aliphatic hydroxyl groups excluding tert-OH is 1. The van der Waals surface area contributed by atoms with E-state index in [0.717, 1.165) is 43.7 Å². The predicted molar refractivity (Wildman–Crippen MR) is 140 cm³/mol. The molecular formula is C28H35ClN2O4. The van der Waals surface area contributed by atoms with Crippen LogP contribution in [0.1, 0.15) is 57.2 Å². The normalized spacial score (nSPS) is 17.4. The third kappa shape index (κ3) is 6.44. The molecule has 6 nitrogen and oxygen atoms in total. The van der Waals surface area contributed by atoms with E-state index in [1.165, 1.54) is 0 Å². The van der Waals surface area contributed by atoms with Gasteiger partial charge in [-0.25, -0.2) is 0 Å². The third-order valence-corrected chi connectivity index (χ3v) is 6.67. The van der Waals surface area contributed by atoms with E-state index in [1.54, 1.807) is 29.2 Å². The number of hydrogen-bond donors (Lipinski definition) is 1. The summed E-state index contributed by atoms with van der Waals surface area (Å²) in [6.45, 7) is 9.63. The van der Waals surface area contributed by atoms with Gasteiger partial charge in [0.25, 0.3) is 11.7 Å². The van der Waals surface area contributed by atoms with Gasteiger partial charge in [-0.2, -0.15) is 0 Å². The molecule has 7 heteroatoms. The molecule has 0 aromatic heterocycles. The van der Waals surface area contributed by atoms with Crippen LogP contribution in [-0.4, -0.2) is 59.4 Å². The highest BCUT2D eigenvalue weighted by molar-refractivity contribution is 6.46. The molecule has 0 aliphatic carbocycles. The van der Waals surface area contributed by atoms with E-state index in [9.17, 15) is 14.7 Å². The van der Waals surface area contributed by atoms with Crippen molar-refractivity contribution in [1.82, 2.24) is 9.80 Å². The Labute approximate surface area is 213 Å². The molecular weight excluding hydrogens is 464 g/mol. The molecule has 3 rings (SSSR count). The van der Waals surface area contributed by atoms with E-state index in [0.29, 0.717) is 30.3 Å². The molecule has 1 aliphatic heterocycles. The molecule has 1 N–H and O–H groups in total. The number of aliphatic hydroxyl groups is 1. The van der Waals surface area contributed by atoms with E-state index >= 15 is 0 Å². The van der Waals surface area contributed by atoms with Gasteiger partial charge in [-0.05, 0) is 61.5 Å². The summed E-state index contributed by atoms with van der Waals surface area (Å²) in [5, 5.41) is 11.7. The van der Waals surface area contributed by atoms with Crippen molar-refractivity contribution >= 4 is 29.1 Å². The highest BCUT2D eigenvalue weighted by atomic mass is 35.5. The van der Waals surface area contributed by atoms with Crippen molar-refractivity contribution < 1.29 is 19.4 Å². The van der Waals surface area contributed by atoms with Gasteiger partial charge in [-0.1, -0.05) is 57.3 Å². The molecule has 35 heavy (non-hydrogen) atoms. The first-order valence-electron chi connectivity index (χ1n) is 12.4. The van der Waals surface area contributed by atoms with Crippen LogP contribution in [-0.2, 0) is 9.59 Å². The summed E-state index contributed by atoms with van der Waals surface area (Å²) < 4.78 is 5.83. The number of benzene rings is 2. The summed E-state index contributed by atoms with van der Waals surface area (Å²) >= 11 is 6.00. The number of amides is 1. The average Bonchev–Trinajstić information content (AvgIpc) is 3.12. The number of likely N-dealkylation sites (tertiary alicyclic amines) is 1. The van der Waals surface area contributed by atoms with Crippen molar-refractivity contribution in [3.05, 3.63) is 70.3 Å². The molecule has 0 spiro atoms. The number of hydrogen-bond acceptors (Lipinski definition) is 5.